The Morgan fingerprint density at radius 1 is 1.36 bits per heavy atom. The fraction of sp³-hybridized carbons (Fsp3) is 0.625. The Kier molecular flexibility index (Phi) is 13.5. The molecule has 0 heterocycles. The first-order valence-electron chi connectivity index (χ1n) is 3.83. The van der Waals surface area contributed by atoms with Crippen molar-refractivity contribution in [3.8, 4) is 0 Å². The summed E-state index contributed by atoms with van der Waals surface area (Å²) in [6.07, 6.45) is 5.47. The second kappa shape index (κ2) is 11.8. The van der Waals surface area contributed by atoms with Crippen LogP contribution in [0.2, 0.25) is 0 Å². The number of rotatable bonds is 3. The van der Waals surface area contributed by atoms with Crippen LogP contribution < -0.4 is 5.43 Å². The molecule has 0 aliphatic heterocycles. The number of hydrogen-bond acceptors (Lipinski definition) is 2. The highest BCUT2D eigenvalue weighted by molar-refractivity contribution is 5.53. The third-order valence-corrected chi connectivity index (χ3v) is 0.763. The van der Waals surface area contributed by atoms with Gasteiger partial charge < -0.3 is 0 Å². The van der Waals surface area contributed by atoms with E-state index in [1.165, 1.54) is 0 Å². The maximum absolute atomic E-state index is 3.75. The van der Waals surface area contributed by atoms with Gasteiger partial charge in [-0.3, -0.25) is 15.4 Å². The maximum Gasteiger partial charge on any atom is 0.101 e. The van der Waals surface area contributed by atoms with Crippen LogP contribution in [0, 0.1) is 0 Å². The molecule has 0 fully saturated rings. The lowest BCUT2D eigenvalue weighted by Crippen LogP contribution is -2.27. The van der Waals surface area contributed by atoms with E-state index in [0.717, 1.165) is 0 Å². The number of hydrogen-bond donors (Lipinski definition) is 1. The van der Waals surface area contributed by atoms with Crippen LogP contribution in [0.25, 0.3) is 0 Å². The molecule has 0 saturated heterocycles. The van der Waals surface area contributed by atoms with Crippen molar-refractivity contribution in [1.29, 1.82) is 0 Å². The van der Waals surface area contributed by atoms with Gasteiger partial charge in [0.15, 0.2) is 0 Å². The summed E-state index contributed by atoms with van der Waals surface area (Å²) in [7, 11) is 3.62. The first-order chi connectivity index (χ1) is 5.31. The molecule has 0 aromatic carbocycles. The second-order valence-electron chi connectivity index (χ2n) is 1.61. The van der Waals surface area contributed by atoms with Crippen LogP contribution in [0.3, 0.4) is 0 Å². The van der Waals surface area contributed by atoms with Gasteiger partial charge in [-0.05, 0) is 6.92 Å². The minimum absolute atomic E-state index is 1.62. The van der Waals surface area contributed by atoms with E-state index in [2.05, 4.69) is 10.4 Å². The summed E-state index contributed by atoms with van der Waals surface area (Å²) in [4.78, 5) is 3.75. The number of nitrogens with zero attached hydrogens (tertiary/aromatic N) is 2. The molecule has 0 aromatic rings. The summed E-state index contributed by atoms with van der Waals surface area (Å²) in [5.41, 5.74) is 2.89. The van der Waals surface area contributed by atoms with E-state index in [9.17, 15) is 0 Å². The van der Waals surface area contributed by atoms with Gasteiger partial charge in [-0.2, -0.15) is 0 Å². The minimum atomic E-state index is 1.62. The summed E-state index contributed by atoms with van der Waals surface area (Å²) >= 11 is 0. The molecule has 1 N–H and O–H groups in total. The van der Waals surface area contributed by atoms with E-state index in [1.54, 1.807) is 13.4 Å². The van der Waals surface area contributed by atoms with E-state index in [1.807, 2.05) is 45.1 Å². The summed E-state index contributed by atoms with van der Waals surface area (Å²) in [6, 6.07) is 0. The topological polar surface area (TPSA) is 27.6 Å². The molecule has 3 nitrogen and oxygen atoms in total. The van der Waals surface area contributed by atoms with Gasteiger partial charge in [0, 0.05) is 20.3 Å². The van der Waals surface area contributed by atoms with Crippen molar-refractivity contribution in [3.05, 3.63) is 12.3 Å². The van der Waals surface area contributed by atoms with E-state index >= 15 is 0 Å². The predicted molar refractivity (Wildman–Crippen MR) is 51.5 cm³/mol. The van der Waals surface area contributed by atoms with Crippen LogP contribution in [-0.2, 0) is 0 Å². The lowest BCUT2D eigenvalue weighted by atomic mass is 10.7. The van der Waals surface area contributed by atoms with Gasteiger partial charge in [0.05, 0.1) is 0 Å². The number of nitrogens with one attached hydrogen (secondary N) is 1. The smallest absolute Gasteiger partial charge is 0.101 e. The zero-order valence-electron chi connectivity index (χ0n) is 8.13. The fourth-order valence-electron chi connectivity index (χ4n) is 0.415. The monoisotopic (exact) mass is 157 g/mol. The summed E-state index contributed by atoms with van der Waals surface area (Å²) in [6.45, 7) is 5.96. The van der Waals surface area contributed by atoms with Gasteiger partial charge in [-0.15, -0.1) is 0 Å². The highest BCUT2D eigenvalue weighted by Gasteiger charge is 1.78. The molecule has 0 rings (SSSR count). The number of aliphatic imine (C=N–C) groups is 1. The molecule has 0 unspecified atom stereocenters. The summed E-state index contributed by atoms with van der Waals surface area (Å²) < 4.78 is 0. The molecule has 3 heteroatoms. The van der Waals surface area contributed by atoms with Gasteiger partial charge in [0.2, 0.25) is 0 Å². The Labute approximate surface area is 69.8 Å². The Bertz CT molecular complexity index is 108. The second-order valence-corrected chi connectivity index (χ2v) is 1.61. The third kappa shape index (κ3) is 12.3. The molecule has 66 valence electrons. The van der Waals surface area contributed by atoms with Crippen molar-refractivity contribution in [3.63, 3.8) is 0 Å². The molecular formula is C8H19N3. The lowest BCUT2D eigenvalue weighted by Gasteiger charge is -2.11. The first kappa shape index (κ1) is 12.7. The molecule has 0 spiro atoms. The molecule has 0 aliphatic carbocycles. The Morgan fingerprint density at radius 3 is 2.27 bits per heavy atom. The van der Waals surface area contributed by atoms with E-state index in [0.29, 0.717) is 0 Å². The molecule has 0 atom stereocenters. The highest BCUT2D eigenvalue weighted by atomic mass is 15.5. The molecular weight excluding hydrogens is 138 g/mol. The predicted octanol–water partition coefficient (Wildman–Crippen LogP) is 1.64. The summed E-state index contributed by atoms with van der Waals surface area (Å²) in [5.74, 6) is 0. The number of allylic oxidation sites excluding steroid dienone is 1. The molecule has 0 bridgehead atoms. The van der Waals surface area contributed by atoms with Crippen molar-refractivity contribution in [2.24, 2.45) is 4.99 Å². The van der Waals surface area contributed by atoms with Gasteiger partial charge in [-0.1, -0.05) is 19.9 Å². The Hall–Kier alpha value is -0.990. The van der Waals surface area contributed by atoms with Crippen molar-refractivity contribution in [2.45, 2.75) is 20.8 Å². The Balaban J connectivity index is 0. The molecule has 11 heavy (non-hydrogen) atoms. The largest absolute Gasteiger partial charge is 0.298 e. The van der Waals surface area contributed by atoms with Crippen LogP contribution in [0.1, 0.15) is 20.8 Å². The normalized spacial score (nSPS) is 9.55. The molecule has 0 amide bonds. The van der Waals surface area contributed by atoms with Crippen molar-refractivity contribution >= 4 is 6.34 Å². The van der Waals surface area contributed by atoms with Crippen molar-refractivity contribution < 1.29 is 0 Å². The van der Waals surface area contributed by atoms with Gasteiger partial charge in [0.1, 0.15) is 6.34 Å². The van der Waals surface area contributed by atoms with Crippen LogP contribution in [0.5, 0.6) is 0 Å². The van der Waals surface area contributed by atoms with E-state index in [4.69, 9.17) is 0 Å². The van der Waals surface area contributed by atoms with Crippen LogP contribution in [0.15, 0.2) is 17.3 Å². The molecule has 0 aliphatic rings. The fourth-order valence-corrected chi connectivity index (χ4v) is 0.415. The van der Waals surface area contributed by atoms with Gasteiger partial charge in [0.25, 0.3) is 0 Å². The molecule has 0 aromatic heterocycles. The third-order valence-electron chi connectivity index (χ3n) is 0.763. The highest BCUT2D eigenvalue weighted by Crippen LogP contribution is 1.73. The molecule has 0 radical (unpaired) electrons. The quantitative estimate of drug-likeness (QED) is 0.383. The van der Waals surface area contributed by atoms with Crippen LogP contribution in [0.4, 0.5) is 0 Å². The number of hydrazine groups is 1. The van der Waals surface area contributed by atoms with Gasteiger partial charge >= 0.3 is 0 Å². The SMILES string of the molecule is C/C=C/N(C)NC=NC.CC. The van der Waals surface area contributed by atoms with E-state index in [-0.39, 0.29) is 0 Å². The van der Waals surface area contributed by atoms with E-state index < -0.39 is 0 Å². The average molecular weight is 157 g/mol. The van der Waals surface area contributed by atoms with Gasteiger partial charge in [-0.25, -0.2) is 0 Å². The van der Waals surface area contributed by atoms with Crippen molar-refractivity contribution in [1.82, 2.24) is 10.4 Å². The zero-order valence-corrected chi connectivity index (χ0v) is 8.13. The zero-order chi connectivity index (χ0) is 9.11. The van der Waals surface area contributed by atoms with Crippen LogP contribution in [-0.4, -0.2) is 25.4 Å². The lowest BCUT2D eigenvalue weighted by molar-refractivity contribution is 0.414. The van der Waals surface area contributed by atoms with Crippen LogP contribution >= 0.6 is 0 Å². The standard InChI is InChI=1S/C6H13N3.C2H6/c1-4-5-9(3)8-6-7-2;1-2/h4-6H,1-3H3,(H,7,8);1-2H3/b5-4+;. The first-order valence-corrected chi connectivity index (χ1v) is 3.83. The maximum atomic E-state index is 3.75. The average Bonchev–Trinajstić information content (AvgIpc) is 2.05. The Morgan fingerprint density at radius 2 is 1.91 bits per heavy atom. The summed E-state index contributed by atoms with van der Waals surface area (Å²) in [5, 5.41) is 1.81. The molecule has 0 saturated carbocycles. The minimum Gasteiger partial charge on any atom is -0.298 e. The van der Waals surface area contributed by atoms with Crippen molar-refractivity contribution in [2.75, 3.05) is 14.1 Å².